The minimum Gasteiger partial charge on any atom is -0.484 e. The van der Waals surface area contributed by atoms with Crippen molar-refractivity contribution in [2.45, 2.75) is 31.8 Å². The SMILES string of the molecule is CC(O)(CNC(=O)COc1ccc2c(c1)CCC2)c1ccsc1. The van der Waals surface area contributed by atoms with E-state index >= 15 is 0 Å². The summed E-state index contributed by atoms with van der Waals surface area (Å²) in [5.41, 5.74) is 2.45. The average Bonchev–Trinajstić information content (AvgIpc) is 3.21. The number of aliphatic hydroxyl groups is 1. The molecule has 1 heterocycles. The summed E-state index contributed by atoms with van der Waals surface area (Å²) < 4.78 is 5.56. The van der Waals surface area contributed by atoms with Crippen molar-refractivity contribution in [1.29, 1.82) is 0 Å². The lowest BCUT2D eigenvalue weighted by molar-refractivity contribution is -0.124. The predicted molar refractivity (Wildman–Crippen MR) is 90.9 cm³/mol. The van der Waals surface area contributed by atoms with Gasteiger partial charge in [-0.15, -0.1) is 0 Å². The van der Waals surface area contributed by atoms with E-state index < -0.39 is 5.60 Å². The molecule has 1 aromatic heterocycles. The molecule has 0 saturated heterocycles. The molecule has 0 saturated carbocycles. The molecule has 2 N–H and O–H groups in total. The van der Waals surface area contributed by atoms with E-state index in [1.54, 1.807) is 6.92 Å². The standard InChI is InChI=1S/C18H21NO3S/c1-18(21,15-7-8-23-11-15)12-19-17(20)10-22-16-6-5-13-3-2-4-14(13)9-16/h5-9,11,21H,2-4,10,12H2,1H3,(H,19,20). The van der Waals surface area contributed by atoms with E-state index in [0.29, 0.717) is 0 Å². The van der Waals surface area contributed by atoms with Gasteiger partial charge in [0.05, 0.1) is 6.54 Å². The highest BCUT2D eigenvalue weighted by atomic mass is 32.1. The summed E-state index contributed by atoms with van der Waals surface area (Å²) in [6.45, 7) is 1.81. The molecule has 5 heteroatoms. The van der Waals surface area contributed by atoms with Crippen LogP contribution in [0.4, 0.5) is 0 Å². The second kappa shape index (κ2) is 6.72. The minimum atomic E-state index is -1.07. The van der Waals surface area contributed by atoms with Gasteiger partial charge >= 0.3 is 0 Å². The van der Waals surface area contributed by atoms with Gasteiger partial charge in [-0.3, -0.25) is 4.79 Å². The van der Waals surface area contributed by atoms with E-state index in [0.717, 1.165) is 24.2 Å². The number of hydrogen-bond donors (Lipinski definition) is 2. The minimum absolute atomic E-state index is 0.0432. The molecular weight excluding hydrogens is 310 g/mol. The number of carbonyl (C=O) groups excluding carboxylic acids is 1. The molecule has 23 heavy (non-hydrogen) atoms. The van der Waals surface area contributed by atoms with Gasteiger partial charge in [0.2, 0.25) is 0 Å². The molecule has 1 unspecified atom stereocenters. The van der Waals surface area contributed by atoms with E-state index in [-0.39, 0.29) is 19.1 Å². The van der Waals surface area contributed by atoms with Crippen LogP contribution < -0.4 is 10.1 Å². The number of fused-ring (bicyclic) bond motifs is 1. The second-order valence-corrected chi connectivity index (χ2v) is 6.92. The van der Waals surface area contributed by atoms with Gasteiger partial charge < -0.3 is 15.2 Å². The maximum absolute atomic E-state index is 11.9. The molecule has 4 nitrogen and oxygen atoms in total. The Labute approximate surface area is 140 Å². The fraction of sp³-hybridized carbons (Fsp3) is 0.389. The highest BCUT2D eigenvalue weighted by molar-refractivity contribution is 7.08. The zero-order chi connectivity index (χ0) is 16.3. The molecule has 0 radical (unpaired) electrons. The van der Waals surface area contributed by atoms with Crippen molar-refractivity contribution in [3.63, 3.8) is 0 Å². The monoisotopic (exact) mass is 331 g/mol. The van der Waals surface area contributed by atoms with Gasteiger partial charge in [-0.1, -0.05) is 6.07 Å². The number of ether oxygens (including phenoxy) is 1. The Morgan fingerprint density at radius 3 is 2.96 bits per heavy atom. The Balaban J connectivity index is 1.48. The first-order valence-corrected chi connectivity index (χ1v) is 8.75. The molecule has 0 aliphatic heterocycles. The van der Waals surface area contributed by atoms with Crippen molar-refractivity contribution in [3.8, 4) is 5.75 Å². The fourth-order valence-corrected chi connectivity index (χ4v) is 3.56. The molecule has 1 aliphatic rings. The largest absolute Gasteiger partial charge is 0.484 e. The molecule has 0 fully saturated rings. The van der Waals surface area contributed by atoms with Crippen LogP contribution >= 0.6 is 11.3 Å². The maximum Gasteiger partial charge on any atom is 0.258 e. The van der Waals surface area contributed by atoms with Crippen LogP contribution in [-0.4, -0.2) is 24.2 Å². The van der Waals surface area contributed by atoms with Crippen LogP contribution in [0.3, 0.4) is 0 Å². The number of hydrogen-bond acceptors (Lipinski definition) is 4. The number of benzene rings is 1. The van der Waals surface area contributed by atoms with Gasteiger partial charge in [0.25, 0.3) is 5.91 Å². The molecule has 0 spiro atoms. The molecule has 1 amide bonds. The summed E-state index contributed by atoms with van der Waals surface area (Å²) >= 11 is 1.52. The maximum atomic E-state index is 11.9. The third-order valence-corrected chi connectivity index (χ3v) is 4.90. The highest BCUT2D eigenvalue weighted by Gasteiger charge is 2.24. The van der Waals surface area contributed by atoms with Crippen molar-refractivity contribution in [2.24, 2.45) is 0 Å². The van der Waals surface area contributed by atoms with Crippen molar-refractivity contribution in [2.75, 3.05) is 13.2 Å². The summed E-state index contributed by atoms with van der Waals surface area (Å²) in [6.07, 6.45) is 3.41. The number of thiophene rings is 1. The Morgan fingerprint density at radius 1 is 1.35 bits per heavy atom. The normalized spacial score (nSPS) is 15.7. The van der Waals surface area contributed by atoms with Crippen LogP contribution in [0.25, 0.3) is 0 Å². The molecule has 1 aliphatic carbocycles. The molecule has 0 bridgehead atoms. The summed E-state index contributed by atoms with van der Waals surface area (Å²) in [4.78, 5) is 11.9. The molecular formula is C18H21NO3S. The van der Waals surface area contributed by atoms with Crippen molar-refractivity contribution in [3.05, 3.63) is 51.7 Å². The number of carbonyl (C=O) groups is 1. The fourth-order valence-electron chi connectivity index (χ4n) is 2.78. The summed E-state index contributed by atoms with van der Waals surface area (Å²) in [5, 5.41) is 16.9. The van der Waals surface area contributed by atoms with Crippen LogP contribution in [0.15, 0.2) is 35.0 Å². The summed E-state index contributed by atoms with van der Waals surface area (Å²) in [7, 11) is 0. The van der Waals surface area contributed by atoms with Gasteiger partial charge in [-0.2, -0.15) is 11.3 Å². The third kappa shape index (κ3) is 3.92. The number of rotatable bonds is 6. The van der Waals surface area contributed by atoms with Crippen molar-refractivity contribution < 1.29 is 14.6 Å². The Morgan fingerprint density at radius 2 is 2.17 bits per heavy atom. The van der Waals surface area contributed by atoms with Crippen LogP contribution in [0.5, 0.6) is 5.75 Å². The zero-order valence-electron chi connectivity index (χ0n) is 13.2. The molecule has 2 aromatic rings. The van der Waals surface area contributed by atoms with Crippen LogP contribution in [0.2, 0.25) is 0 Å². The Bertz CT molecular complexity index is 680. The quantitative estimate of drug-likeness (QED) is 0.855. The smallest absolute Gasteiger partial charge is 0.258 e. The lowest BCUT2D eigenvalue weighted by atomic mass is 9.99. The Hall–Kier alpha value is -1.85. The first-order chi connectivity index (χ1) is 11.0. The third-order valence-electron chi connectivity index (χ3n) is 4.21. The lowest BCUT2D eigenvalue weighted by Gasteiger charge is -2.22. The summed E-state index contributed by atoms with van der Waals surface area (Å²) in [5.74, 6) is 0.492. The number of amides is 1. The lowest BCUT2D eigenvalue weighted by Crippen LogP contribution is -2.40. The van der Waals surface area contributed by atoms with Crippen LogP contribution in [-0.2, 0) is 23.2 Å². The first-order valence-electron chi connectivity index (χ1n) is 7.81. The van der Waals surface area contributed by atoms with Crippen LogP contribution in [0, 0.1) is 0 Å². The van der Waals surface area contributed by atoms with Crippen LogP contribution in [0.1, 0.15) is 30.0 Å². The van der Waals surface area contributed by atoms with Gasteiger partial charge in [0.1, 0.15) is 11.4 Å². The van der Waals surface area contributed by atoms with Gasteiger partial charge in [-0.25, -0.2) is 0 Å². The van der Waals surface area contributed by atoms with Crippen molar-refractivity contribution in [1.82, 2.24) is 5.32 Å². The Kier molecular flexibility index (Phi) is 4.68. The average molecular weight is 331 g/mol. The van der Waals surface area contributed by atoms with Gasteiger partial charge in [0, 0.05) is 0 Å². The van der Waals surface area contributed by atoms with E-state index in [9.17, 15) is 9.90 Å². The topological polar surface area (TPSA) is 58.6 Å². The molecule has 1 atom stereocenters. The first kappa shape index (κ1) is 16.0. The highest BCUT2D eigenvalue weighted by Crippen LogP contribution is 2.26. The van der Waals surface area contributed by atoms with Crippen molar-refractivity contribution >= 4 is 17.2 Å². The van der Waals surface area contributed by atoms with E-state index in [2.05, 4.69) is 11.4 Å². The molecule has 1 aromatic carbocycles. The number of nitrogens with one attached hydrogen (secondary N) is 1. The second-order valence-electron chi connectivity index (χ2n) is 6.14. The summed E-state index contributed by atoms with van der Waals surface area (Å²) in [6, 6.07) is 7.88. The van der Waals surface area contributed by atoms with E-state index in [4.69, 9.17) is 4.74 Å². The molecule has 3 rings (SSSR count). The van der Waals surface area contributed by atoms with Gasteiger partial charge in [0.15, 0.2) is 6.61 Å². The molecule has 122 valence electrons. The zero-order valence-corrected chi connectivity index (χ0v) is 14.0. The van der Waals surface area contributed by atoms with E-state index in [1.165, 1.54) is 28.9 Å². The van der Waals surface area contributed by atoms with E-state index in [1.807, 2.05) is 29.0 Å². The predicted octanol–water partition coefficient (Wildman–Crippen LogP) is 2.64. The van der Waals surface area contributed by atoms with Gasteiger partial charge in [-0.05, 0) is 71.8 Å². The number of aryl methyl sites for hydroxylation is 2.